The molecular weight excluding hydrogens is 436 g/mol. The van der Waals surface area contributed by atoms with Crippen LogP contribution in [0.4, 0.5) is 0 Å². The van der Waals surface area contributed by atoms with E-state index >= 15 is 0 Å². The Hall–Kier alpha value is -1.29. The van der Waals surface area contributed by atoms with E-state index in [1.807, 2.05) is 34.0 Å². The monoisotopic (exact) mass is 464 g/mol. The third-order valence-corrected chi connectivity index (χ3v) is 6.44. The smallest absolute Gasteiger partial charge is 0.324 e. The van der Waals surface area contributed by atoms with E-state index in [4.69, 9.17) is 16.3 Å². The summed E-state index contributed by atoms with van der Waals surface area (Å²) in [7, 11) is -3.95. The van der Waals surface area contributed by atoms with E-state index in [9.17, 15) is 18.0 Å². The molecule has 0 unspecified atom stereocenters. The van der Waals surface area contributed by atoms with Crippen molar-refractivity contribution in [3.8, 4) is 0 Å². The summed E-state index contributed by atoms with van der Waals surface area (Å²) in [5, 5.41) is 0.403. The molecule has 0 spiro atoms. The first-order chi connectivity index (χ1) is 13.5. The zero-order valence-electron chi connectivity index (χ0n) is 17.3. The van der Waals surface area contributed by atoms with Gasteiger partial charge < -0.3 is 9.64 Å². The number of thioether (sulfide) groups is 1. The molecule has 0 saturated heterocycles. The van der Waals surface area contributed by atoms with Gasteiger partial charge in [-0.1, -0.05) is 11.6 Å². The van der Waals surface area contributed by atoms with E-state index in [2.05, 4.69) is 4.72 Å². The van der Waals surface area contributed by atoms with E-state index in [1.165, 1.54) is 36.0 Å². The minimum Gasteiger partial charge on any atom is -0.454 e. The van der Waals surface area contributed by atoms with Crippen LogP contribution in [-0.4, -0.2) is 61.9 Å². The summed E-state index contributed by atoms with van der Waals surface area (Å²) in [5.74, 6) is -0.564. The van der Waals surface area contributed by atoms with Crippen LogP contribution in [-0.2, 0) is 24.3 Å². The number of carbonyl (C=O) groups is 2. The predicted molar refractivity (Wildman–Crippen MR) is 117 cm³/mol. The number of carbonyl (C=O) groups excluding carboxylic acids is 2. The summed E-state index contributed by atoms with van der Waals surface area (Å²) in [5.41, 5.74) is 0. The molecule has 10 heteroatoms. The Kier molecular flexibility index (Phi) is 10.5. The number of esters is 1. The Morgan fingerprint density at radius 2 is 1.69 bits per heavy atom. The van der Waals surface area contributed by atoms with Gasteiger partial charge in [0.25, 0.3) is 5.91 Å². The number of sulfonamides is 1. The Bertz CT molecular complexity index is 774. The molecule has 164 valence electrons. The summed E-state index contributed by atoms with van der Waals surface area (Å²) >= 11 is 7.27. The van der Waals surface area contributed by atoms with E-state index in [0.29, 0.717) is 10.8 Å². The van der Waals surface area contributed by atoms with Crippen LogP contribution in [0.3, 0.4) is 0 Å². The summed E-state index contributed by atoms with van der Waals surface area (Å²) in [6.07, 6.45) is 2.09. The third-order valence-electron chi connectivity index (χ3n) is 4.06. The van der Waals surface area contributed by atoms with Crippen LogP contribution >= 0.6 is 23.4 Å². The van der Waals surface area contributed by atoms with Gasteiger partial charge in [0.2, 0.25) is 10.0 Å². The lowest BCUT2D eigenvalue weighted by molar-refractivity contribution is -0.155. The zero-order valence-corrected chi connectivity index (χ0v) is 19.7. The third kappa shape index (κ3) is 8.16. The maximum atomic E-state index is 12.6. The topological polar surface area (TPSA) is 92.8 Å². The lowest BCUT2D eigenvalue weighted by Crippen LogP contribution is -2.46. The minimum absolute atomic E-state index is 0.00859. The number of amides is 1. The van der Waals surface area contributed by atoms with Crippen LogP contribution in [0.15, 0.2) is 29.2 Å². The number of benzene rings is 1. The van der Waals surface area contributed by atoms with E-state index in [1.54, 1.807) is 4.90 Å². The van der Waals surface area contributed by atoms with Gasteiger partial charge >= 0.3 is 5.97 Å². The van der Waals surface area contributed by atoms with Crippen molar-refractivity contribution < 1.29 is 22.7 Å². The number of nitrogens with zero attached hydrogens (tertiary/aromatic N) is 1. The number of rotatable bonds is 11. The molecule has 0 bridgehead atoms. The van der Waals surface area contributed by atoms with Gasteiger partial charge in [-0.2, -0.15) is 16.5 Å². The second kappa shape index (κ2) is 11.8. The van der Waals surface area contributed by atoms with Gasteiger partial charge in [0.15, 0.2) is 6.61 Å². The molecule has 1 atom stereocenters. The Labute approximate surface area is 182 Å². The van der Waals surface area contributed by atoms with Crippen molar-refractivity contribution in [2.24, 2.45) is 0 Å². The number of hydrogen-bond donors (Lipinski definition) is 1. The summed E-state index contributed by atoms with van der Waals surface area (Å²) < 4.78 is 32.7. The van der Waals surface area contributed by atoms with Crippen LogP contribution < -0.4 is 4.72 Å². The quantitative estimate of drug-likeness (QED) is 0.506. The van der Waals surface area contributed by atoms with Crippen molar-refractivity contribution in [1.29, 1.82) is 0 Å². The molecule has 1 aromatic carbocycles. The second-order valence-electron chi connectivity index (χ2n) is 7.01. The molecule has 1 rings (SSSR count). The fourth-order valence-corrected chi connectivity index (χ4v) is 4.63. The standard InChI is InChI=1S/C19H29ClN2O5S2/c1-13(2)22(14(3)4)18(23)12-27-19(24)17(10-11-28-5)21-29(25,26)16-8-6-15(20)7-9-16/h6-9,13-14,17,21H,10-12H2,1-5H3/t17-/m0/s1. The van der Waals surface area contributed by atoms with Crippen LogP contribution in [0.2, 0.25) is 5.02 Å². The number of ether oxygens (including phenoxy) is 1. The number of nitrogens with one attached hydrogen (secondary N) is 1. The van der Waals surface area contributed by atoms with Crippen LogP contribution in [0, 0.1) is 0 Å². The van der Waals surface area contributed by atoms with Crippen molar-refractivity contribution in [2.45, 2.75) is 57.1 Å². The van der Waals surface area contributed by atoms with Gasteiger partial charge in [-0.3, -0.25) is 9.59 Å². The first kappa shape index (κ1) is 25.7. The van der Waals surface area contributed by atoms with Crippen molar-refractivity contribution in [3.63, 3.8) is 0 Å². The molecule has 0 aromatic heterocycles. The highest BCUT2D eigenvalue weighted by molar-refractivity contribution is 7.98. The van der Waals surface area contributed by atoms with Gasteiger partial charge in [0.1, 0.15) is 6.04 Å². The molecule has 29 heavy (non-hydrogen) atoms. The normalized spacial score (nSPS) is 12.8. The number of halogens is 1. The van der Waals surface area contributed by atoms with Gasteiger partial charge in [0.05, 0.1) is 4.90 Å². The lowest BCUT2D eigenvalue weighted by atomic mass is 10.2. The van der Waals surface area contributed by atoms with Crippen LogP contribution in [0.25, 0.3) is 0 Å². The molecule has 0 saturated carbocycles. The molecule has 0 heterocycles. The van der Waals surface area contributed by atoms with Gasteiger partial charge in [0, 0.05) is 17.1 Å². The second-order valence-corrected chi connectivity index (χ2v) is 10.1. The summed E-state index contributed by atoms with van der Waals surface area (Å²) in [4.78, 5) is 26.5. The molecule has 0 aliphatic rings. The zero-order chi connectivity index (χ0) is 22.2. The Morgan fingerprint density at radius 1 is 1.14 bits per heavy atom. The maximum Gasteiger partial charge on any atom is 0.324 e. The van der Waals surface area contributed by atoms with Crippen molar-refractivity contribution in [3.05, 3.63) is 29.3 Å². The predicted octanol–water partition coefficient (Wildman–Crippen LogP) is 2.93. The maximum absolute atomic E-state index is 12.6. The Balaban J connectivity index is 2.87. The molecule has 7 nitrogen and oxygen atoms in total. The van der Waals surface area contributed by atoms with Gasteiger partial charge in [-0.25, -0.2) is 8.42 Å². The molecule has 0 fully saturated rings. The fraction of sp³-hybridized carbons (Fsp3) is 0.579. The summed E-state index contributed by atoms with van der Waals surface area (Å²) in [6.45, 7) is 7.07. The number of hydrogen-bond acceptors (Lipinski definition) is 6. The van der Waals surface area contributed by atoms with Gasteiger partial charge in [-0.15, -0.1) is 0 Å². The SMILES string of the molecule is CSCC[C@H](NS(=O)(=O)c1ccc(Cl)cc1)C(=O)OCC(=O)N(C(C)C)C(C)C. The molecule has 1 aromatic rings. The fourth-order valence-electron chi connectivity index (χ4n) is 2.81. The molecule has 0 aliphatic heterocycles. The average Bonchev–Trinajstić information content (AvgIpc) is 2.62. The van der Waals surface area contributed by atoms with Crippen molar-refractivity contribution in [1.82, 2.24) is 9.62 Å². The first-order valence-corrected chi connectivity index (χ1v) is 12.5. The minimum atomic E-state index is -3.95. The highest BCUT2D eigenvalue weighted by atomic mass is 35.5. The van der Waals surface area contributed by atoms with E-state index < -0.39 is 28.6 Å². The molecule has 0 radical (unpaired) electrons. The van der Waals surface area contributed by atoms with Crippen molar-refractivity contribution >= 4 is 45.3 Å². The largest absolute Gasteiger partial charge is 0.454 e. The lowest BCUT2D eigenvalue weighted by Gasteiger charge is -2.30. The Morgan fingerprint density at radius 3 is 2.17 bits per heavy atom. The first-order valence-electron chi connectivity index (χ1n) is 9.24. The van der Waals surface area contributed by atoms with E-state index in [-0.39, 0.29) is 29.3 Å². The van der Waals surface area contributed by atoms with Crippen molar-refractivity contribution in [2.75, 3.05) is 18.6 Å². The molecular formula is C19H29ClN2O5S2. The van der Waals surface area contributed by atoms with E-state index in [0.717, 1.165) is 0 Å². The highest BCUT2D eigenvalue weighted by Crippen LogP contribution is 2.15. The highest BCUT2D eigenvalue weighted by Gasteiger charge is 2.28. The van der Waals surface area contributed by atoms with Gasteiger partial charge in [-0.05, 0) is 70.4 Å². The molecule has 0 aliphatic carbocycles. The molecule has 1 amide bonds. The van der Waals surface area contributed by atoms with Crippen LogP contribution in [0.5, 0.6) is 0 Å². The average molecular weight is 465 g/mol. The molecule has 1 N–H and O–H groups in total. The summed E-state index contributed by atoms with van der Waals surface area (Å²) in [6, 6.07) is 4.44. The van der Waals surface area contributed by atoms with Crippen LogP contribution in [0.1, 0.15) is 34.1 Å².